The second kappa shape index (κ2) is 5.22. The van der Waals surface area contributed by atoms with E-state index >= 15 is 0 Å². The van der Waals surface area contributed by atoms with E-state index in [0.29, 0.717) is 4.47 Å². The van der Waals surface area contributed by atoms with Gasteiger partial charge in [0, 0.05) is 10.5 Å². The summed E-state index contributed by atoms with van der Waals surface area (Å²) in [6, 6.07) is 5.75. The van der Waals surface area contributed by atoms with Crippen LogP contribution in [0.5, 0.6) is 0 Å². The predicted octanol–water partition coefficient (Wildman–Crippen LogP) is 1.59. The van der Waals surface area contributed by atoms with Crippen LogP contribution in [0, 0.1) is 11.3 Å². The molecule has 0 bridgehead atoms. The van der Waals surface area contributed by atoms with Gasteiger partial charge in [0.1, 0.15) is 11.9 Å². The largest absolute Gasteiger partial charge is 0.384 e. The van der Waals surface area contributed by atoms with E-state index in [-0.39, 0.29) is 33.2 Å². The molecular formula is C14H6BrClN4O3. The Morgan fingerprint density at radius 1 is 1.22 bits per heavy atom. The van der Waals surface area contributed by atoms with Crippen LogP contribution in [-0.2, 0) is 0 Å². The van der Waals surface area contributed by atoms with Crippen LogP contribution in [0.1, 0.15) is 26.3 Å². The number of nitrogens with one attached hydrogen (secondary N) is 1. The Balaban J connectivity index is 2.41. The summed E-state index contributed by atoms with van der Waals surface area (Å²) in [7, 11) is 0. The average Bonchev–Trinajstić information content (AvgIpc) is 2.77. The summed E-state index contributed by atoms with van der Waals surface area (Å²) in [6.45, 7) is 0. The lowest BCUT2D eigenvalue weighted by molar-refractivity contribution is 0.0880. The van der Waals surface area contributed by atoms with Crippen molar-refractivity contribution in [1.29, 1.82) is 5.26 Å². The zero-order valence-corrected chi connectivity index (χ0v) is 13.5. The van der Waals surface area contributed by atoms with Crippen molar-refractivity contribution in [2.75, 3.05) is 5.73 Å². The van der Waals surface area contributed by atoms with Gasteiger partial charge >= 0.3 is 0 Å². The number of aromatic nitrogens is 1. The van der Waals surface area contributed by atoms with Gasteiger partial charge in [0.05, 0.1) is 27.4 Å². The minimum absolute atomic E-state index is 0.0875. The highest BCUT2D eigenvalue weighted by Crippen LogP contribution is 2.30. The van der Waals surface area contributed by atoms with E-state index in [1.807, 2.05) is 6.07 Å². The number of rotatable bonds is 1. The normalized spacial score (nSPS) is 12.7. The number of amides is 2. The van der Waals surface area contributed by atoms with Gasteiger partial charge in [0.2, 0.25) is 0 Å². The molecule has 7 nitrogen and oxygen atoms in total. The molecule has 3 rings (SSSR count). The molecule has 9 heteroatoms. The lowest BCUT2D eigenvalue weighted by Gasteiger charge is -2.14. The second-order valence-electron chi connectivity index (χ2n) is 4.67. The zero-order valence-electron chi connectivity index (χ0n) is 11.2. The fourth-order valence-corrected chi connectivity index (χ4v) is 2.84. The quantitative estimate of drug-likeness (QED) is 0.713. The Kier molecular flexibility index (Phi) is 3.47. The SMILES string of the molecule is N#Cc1cc(Br)c(Cl)cc1-n1c(N)c2c(cc1=O)C(=O)NC2=O. The number of imide groups is 1. The number of nitrogen functional groups attached to an aromatic ring is 1. The minimum Gasteiger partial charge on any atom is -0.384 e. The molecular weight excluding hydrogens is 388 g/mol. The first-order chi connectivity index (χ1) is 10.8. The van der Waals surface area contributed by atoms with E-state index in [1.165, 1.54) is 12.1 Å². The minimum atomic E-state index is -0.696. The molecule has 0 aliphatic carbocycles. The number of halogens is 2. The number of fused-ring (bicyclic) bond motifs is 1. The molecule has 1 aromatic carbocycles. The Morgan fingerprint density at radius 3 is 2.57 bits per heavy atom. The number of hydrogen-bond donors (Lipinski definition) is 2. The molecule has 1 aliphatic heterocycles. The Morgan fingerprint density at radius 2 is 1.91 bits per heavy atom. The number of nitrogens with two attached hydrogens (primary N) is 1. The Hall–Kier alpha value is -2.63. The smallest absolute Gasteiger partial charge is 0.262 e. The van der Waals surface area contributed by atoms with E-state index in [4.69, 9.17) is 17.3 Å². The summed E-state index contributed by atoms with van der Waals surface area (Å²) in [5.41, 5.74) is 5.33. The molecule has 2 heterocycles. The zero-order chi connectivity index (χ0) is 16.9. The molecule has 0 radical (unpaired) electrons. The summed E-state index contributed by atoms with van der Waals surface area (Å²) in [6.07, 6.45) is 0. The molecule has 1 aromatic heterocycles. The molecule has 2 amide bonds. The van der Waals surface area contributed by atoms with Crippen LogP contribution in [0.4, 0.5) is 5.82 Å². The highest BCUT2D eigenvalue weighted by atomic mass is 79.9. The fraction of sp³-hybridized carbons (Fsp3) is 0. The molecule has 0 saturated carbocycles. The van der Waals surface area contributed by atoms with Crippen molar-refractivity contribution in [1.82, 2.24) is 9.88 Å². The first-order valence-electron chi connectivity index (χ1n) is 6.16. The maximum absolute atomic E-state index is 12.3. The second-order valence-corrected chi connectivity index (χ2v) is 5.93. The van der Waals surface area contributed by atoms with Gasteiger partial charge in [0.15, 0.2) is 0 Å². The third-order valence-corrected chi connectivity index (χ3v) is 4.55. The van der Waals surface area contributed by atoms with Crippen molar-refractivity contribution in [3.63, 3.8) is 0 Å². The number of pyridine rings is 1. The van der Waals surface area contributed by atoms with Gasteiger partial charge in [-0.3, -0.25) is 24.3 Å². The molecule has 3 N–H and O–H groups in total. The van der Waals surface area contributed by atoms with E-state index < -0.39 is 17.4 Å². The highest BCUT2D eigenvalue weighted by molar-refractivity contribution is 9.10. The predicted molar refractivity (Wildman–Crippen MR) is 85.7 cm³/mol. The monoisotopic (exact) mass is 392 g/mol. The van der Waals surface area contributed by atoms with Crippen molar-refractivity contribution >= 4 is 45.2 Å². The van der Waals surface area contributed by atoms with Gasteiger partial charge in [0.25, 0.3) is 17.4 Å². The van der Waals surface area contributed by atoms with E-state index in [1.54, 1.807) is 0 Å². The number of carbonyl (C=O) groups is 2. The number of nitrogens with zero attached hydrogens (tertiary/aromatic N) is 2. The lowest BCUT2D eigenvalue weighted by atomic mass is 10.1. The molecule has 0 saturated heterocycles. The van der Waals surface area contributed by atoms with Crippen LogP contribution < -0.4 is 16.6 Å². The number of carbonyl (C=O) groups excluding carboxylic acids is 2. The van der Waals surface area contributed by atoms with Crippen LogP contribution in [0.15, 0.2) is 27.5 Å². The first-order valence-corrected chi connectivity index (χ1v) is 7.33. The molecule has 0 fully saturated rings. The molecule has 114 valence electrons. The van der Waals surface area contributed by atoms with Gasteiger partial charge in [-0.05, 0) is 28.1 Å². The van der Waals surface area contributed by atoms with Crippen LogP contribution in [0.25, 0.3) is 5.69 Å². The van der Waals surface area contributed by atoms with E-state index in [0.717, 1.165) is 10.6 Å². The fourth-order valence-electron chi connectivity index (χ4n) is 2.34. The molecule has 0 atom stereocenters. The number of nitriles is 1. The number of hydrogen-bond acceptors (Lipinski definition) is 5. The Bertz CT molecular complexity index is 1010. The van der Waals surface area contributed by atoms with Crippen molar-refractivity contribution < 1.29 is 9.59 Å². The van der Waals surface area contributed by atoms with E-state index in [9.17, 15) is 19.6 Å². The summed E-state index contributed by atoms with van der Waals surface area (Å²) >= 11 is 9.21. The van der Waals surface area contributed by atoms with Crippen LogP contribution in [-0.4, -0.2) is 16.4 Å². The topological polar surface area (TPSA) is 118 Å². The molecule has 0 unspecified atom stereocenters. The van der Waals surface area contributed by atoms with Gasteiger partial charge in [-0.15, -0.1) is 0 Å². The molecule has 1 aliphatic rings. The van der Waals surface area contributed by atoms with Crippen LogP contribution in [0.2, 0.25) is 5.02 Å². The first kappa shape index (κ1) is 15.3. The summed E-state index contributed by atoms with van der Waals surface area (Å²) in [5, 5.41) is 11.6. The average molecular weight is 394 g/mol. The summed E-state index contributed by atoms with van der Waals surface area (Å²) in [5.74, 6) is -1.61. The van der Waals surface area contributed by atoms with Gasteiger partial charge in [-0.1, -0.05) is 11.6 Å². The van der Waals surface area contributed by atoms with Gasteiger partial charge < -0.3 is 5.73 Å². The number of anilines is 1. The van der Waals surface area contributed by atoms with Crippen LogP contribution in [0.3, 0.4) is 0 Å². The van der Waals surface area contributed by atoms with Crippen molar-refractivity contribution in [3.05, 3.63) is 54.7 Å². The van der Waals surface area contributed by atoms with Crippen molar-refractivity contribution in [2.24, 2.45) is 0 Å². The van der Waals surface area contributed by atoms with Gasteiger partial charge in [-0.2, -0.15) is 5.26 Å². The van der Waals surface area contributed by atoms with Crippen molar-refractivity contribution in [3.8, 4) is 11.8 Å². The highest BCUT2D eigenvalue weighted by Gasteiger charge is 2.32. The summed E-state index contributed by atoms with van der Waals surface area (Å²) < 4.78 is 1.45. The molecule has 0 spiro atoms. The molecule has 2 aromatic rings. The summed E-state index contributed by atoms with van der Waals surface area (Å²) in [4.78, 5) is 35.8. The standard InChI is InChI=1S/C14H6BrClN4O3/c15-7-1-5(4-17)9(3-8(7)16)20-10(21)2-6-11(12(20)18)14(23)19-13(6)22/h1-3H,18H2,(H,19,22,23). The van der Waals surface area contributed by atoms with Gasteiger partial charge in [-0.25, -0.2) is 0 Å². The third-order valence-electron chi connectivity index (χ3n) is 3.35. The Labute approximate surface area is 142 Å². The maximum atomic E-state index is 12.3. The lowest BCUT2D eigenvalue weighted by Crippen LogP contribution is -2.24. The van der Waals surface area contributed by atoms with E-state index in [2.05, 4.69) is 21.2 Å². The molecule has 23 heavy (non-hydrogen) atoms. The third kappa shape index (κ3) is 2.21. The van der Waals surface area contributed by atoms with Crippen molar-refractivity contribution in [2.45, 2.75) is 0 Å². The van der Waals surface area contributed by atoms with Crippen LogP contribution >= 0.6 is 27.5 Å². The maximum Gasteiger partial charge on any atom is 0.262 e. The number of benzene rings is 1.